The molecule has 1 atom stereocenters. The van der Waals surface area contributed by atoms with Crippen molar-refractivity contribution in [2.45, 2.75) is 31.3 Å². The lowest BCUT2D eigenvalue weighted by molar-refractivity contribution is -0.123. The normalized spacial score (nSPS) is 21.0. The molecule has 0 bridgehead atoms. The Morgan fingerprint density at radius 1 is 1.07 bits per heavy atom. The van der Waals surface area contributed by atoms with Gasteiger partial charge in [-0.15, -0.1) is 21.5 Å². The van der Waals surface area contributed by atoms with E-state index in [4.69, 9.17) is 0 Å². The third-order valence-corrected chi connectivity index (χ3v) is 6.51. The quantitative estimate of drug-likeness (QED) is 0.596. The second-order valence-corrected chi connectivity index (χ2v) is 8.39. The smallest absolute Gasteiger partial charge is 0.251 e. The number of rotatable bonds is 4. The molecule has 4 heterocycles. The highest BCUT2D eigenvalue weighted by Gasteiger charge is 2.43. The number of aromatic nitrogens is 4. The van der Waals surface area contributed by atoms with Crippen molar-refractivity contribution in [2.75, 3.05) is 18.0 Å². The largest absolute Gasteiger partial charge is 0.291 e. The van der Waals surface area contributed by atoms with Gasteiger partial charge in [0.25, 0.3) is 5.91 Å². The number of piperidine rings is 1. The van der Waals surface area contributed by atoms with Crippen LogP contribution in [0.3, 0.4) is 0 Å². The number of hydrogen-bond donors (Lipinski definition) is 0. The number of halogens is 1. The molecule has 0 spiro atoms. The molecule has 0 N–H and O–H groups in total. The van der Waals surface area contributed by atoms with E-state index in [9.17, 15) is 14.0 Å². The van der Waals surface area contributed by atoms with Gasteiger partial charge in [-0.25, -0.2) is 9.29 Å². The van der Waals surface area contributed by atoms with Gasteiger partial charge in [0.1, 0.15) is 5.82 Å². The predicted molar refractivity (Wildman–Crippen MR) is 108 cm³/mol. The lowest BCUT2D eigenvalue weighted by atomic mass is 10.0. The summed E-state index contributed by atoms with van der Waals surface area (Å²) < 4.78 is 13.2. The first kappa shape index (κ1) is 19.0. The molecule has 10 heteroatoms. The topological polar surface area (TPSA) is 84.2 Å². The van der Waals surface area contributed by atoms with E-state index in [1.54, 1.807) is 16.1 Å². The Morgan fingerprint density at radius 2 is 1.83 bits per heavy atom. The zero-order valence-electron chi connectivity index (χ0n) is 16.0. The van der Waals surface area contributed by atoms with Crippen LogP contribution in [0.2, 0.25) is 0 Å². The molecule has 5 rings (SSSR count). The van der Waals surface area contributed by atoms with Crippen LogP contribution in [0.1, 0.15) is 25.3 Å². The van der Waals surface area contributed by atoms with Gasteiger partial charge in [-0.05, 0) is 53.8 Å². The predicted octanol–water partition coefficient (Wildman–Crippen LogP) is 2.51. The summed E-state index contributed by atoms with van der Waals surface area (Å²) in [6.07, 6.45) is 1.69. The minimum Gasteiger partial charge on any atom is -0.291 e. The fraction of sp³-hybridized carbons (Fsp3) is 0.350. The van der Waals surface area contributed by atoms with E-state index in [1.807, 2.05) is 17.5 Å². The summed E-state index contributed by atoms with van der Waals surface area (Å²) in [5, 5.41) is 14.8. The van der Waals surface area contributed by atoms with Crippen LogP contribution in [-0.2, 0) is 9.59 Å². The van der Waals surface area contributed by atoms with Crippen molar-refractivity contribution in [3.05, 3.63) is 47.6 Å². The summed E-state index contributed by atoms with van der Waals surface area (Å²) in [6, 6.07) is 8.98. The highest BCUT2D eigenvalue weighted by Crippen LogP contribution is 2.30. The van der Waals surface area contributed by atoms with Gasteiger partial charge in [0.05, 0.1) is 29.1 Å². The average Bonchev–Trinajstić information content (AvgIpc) is 3.50. The molecule has 0 radical (unpaired) electrons. The van der Waals surface area contributed by atoms with Gasteiger partial charge in [0.2, 0.25) is 11.7 Å². The second kappa shape index (κ2) is 7.69. The number of nitrogens with zero attached hydrogens (tertiary/aromatic N) is 6. The Kier molecular flexibility index (Phi) is 4.87. The van der Waals surface area contributed by atoms with Gasteiger partial charge in [0, 0.05) is 13.1 Å². The Hall–Kier alpha value is -2.98. The molecule has 0 saturated carbocycles. The van der Waals surface area contributed by atoms with Crippen LogP contribution < -0.4 is 4.90 Å². The maximum atomic E-state index is 13.2. The molecule has 2 aliphatic heterocycles. The molecule has 2 aromatic heterocycles. The Morgan fingerprint density at radius 3 is 2.53 bits per heavy atom. The van der Waals surface area contributed by atoms with E-state index in [0.29, 0.717) is 24.6 Å². The van der Waals surface area contributed by atoms with E-state index in [0.717, 1.165) is 17.7 Å². The van der Waals surface area contributed by atoms with Gasteiger partial charge in [-0.2, -0.15) is 4.80 Å². The summed E-state index contributed by atoms with van der Waals surface area (Å²) in [6.45, 7) is 1.34. The molecular weight excluding hydrogens is 407 g/mol. The molecule has 154 valence electrons. The Balaban J connectivity index is 1.24. The van der Waals surface area contributed by atoms with Crippen molar-refractivity contribution >= 4 is 28.8 Å². The van der Waals surface area contributed by atoms with E-state index >= 15 is 0 Å². The SMILES string of the molecule is O=C1CC(N2CCC(n3nnc(-c4cccs4)n3)CC2)C(=O)N1c1ccc(F)cc1. The molecule has 3 aromatic rings. The molecule has 0 aliphatic carbocycles. The minimum absolute atomic E-state index is 0.114. The molecule has 2 aliphatic rings. The number of tetrazole rings is 1. The van der Waals surface area contributed by atoms with Gasteiger partial charge < -0.3 is 0 Å². The third-order valence-electron chi connectivity index (χ3n) is 5.64. The lowest BCUT2D eigenvalue weighted by Gasteiger charge is -2.34. The summed E-state index contributed by atoms with van der Waals surface area (Å²) in [7, 11) is 0. The van der Waals surface area contributed by atoms with Crippen molar-refractivity contribution in [1.29, 1.82) is 0 Å². The molecule has 30 heavy (non-hydrogen) atoms. The van der Waals surface area contributed by atoms with Gasteiger partial charge >= 0.3 is 0 Å². The van der Waals surface area contributed by atoms with Gasteiger partial charge in [-0.1, -0.05) is 6.07 Å². The van der Waals surface area contributed by atoms with Crippen LogP contribution in [0.4, 0.5) is 10.1 Å². The van der Waals surface area contributed by atoms with Crippen molar-refractivity contribution in [1.82, 2.24) is 25.1 Å². The molecule has 1 unspecified atom stereocenters. The van der Waals surface area contributed by atoms with Gasteiger partial charge in [0.15, 0.2) is 0 Å². The summed E-state index contributed by atoms with van der Waals surface area (Å²) in [4.78, 5) is 31.3. The van der Waals surface area contributed by atoms with Crippen LogP contribution in [0.25, 0.3) is 10.7 Å². The highest BCUT2D eigenvalue weighted by molar-refractivity contribution is 7.13. The second-order valence-electron chi connectivity index (χ2n) is 7.44. The molecule has 2 saturated heterocycles. The Labute approximate surface area is 175 Å². The van der Waals surface area contributed by atoms with E-state index < -0.39 is 11.9 Å². The van der Waals surface area contributed by atoms with E-state index in [-0.39, 0.29) is 24.3 Å². The first-order chi connectivity index (χ1) is 14.6. The van der Waals surface area contributed by atoms with Crippen LogP contribution in [0.15, 0.2) is 41.8 Å². The number of thiophene rings is 1. The van der Waals surface area contributed by atoms with Crippen LogP contribution >= 0.6 is 11.3 Å². The number of amides is 2. The first-order valence-electron chi connectivity index (χ1n) is 9.80. The molecule has 8 nitrogen and oxygen atoms in total. The van der Waals surface area contributed by atoms with Crippen molar-refractivity contribution in [2.24, 2.45) is 0 Å². The third kappa shape index (κ3) is 3.41. The summed E-state index contributed by atoms with van der Waals surface area (Å²) >= 11 is 1.57. The number of carbonyl (C=O) groups excluding carboxylic acids is 2. The fourth-order valence-electron chi connectivity index (χ4n) is 4.08. The molecular formula is C20H19FN6O2S. The van der Waals surface area contributed by atoms with Crippen molar-refractivity contribution < 1.29 is 14.0 Å². The first-order valence-corrected chi connectivity index (χ1v) is 10.7. The van der Waals surface area contributed by atoms with E-state index in [1.165, 1.54) is 29.2 Å². The maximum Gasteiger partial charge on any atom is 0.251 e. The number of carbonyl (C=O) groups is 2. The molecule has 2 fully saturated rings. The van der Waals surface area contributed by atoms with Crippen molar-refractivity contribution in [3.63, 3.8) is 0 Å². The van der Waals surface area contributed by atoms with Crippen molar-refractivity contribution in [3.8, 4) is 10.7 Å². The monoisotopic (exact) mass is 426 g/mol. The number of benzene rings is 1. The number of hydrogen-bond acceptors (Lipinski definition) is 7. The summed E-state index contributed by atoms with van der Waals surface area (Å²) in [5.41, 5.74) is 0.414. The zero-order valence-corrected chi connectivity index (χ0v) is 16.8. The molecule has 2 amide bonds. The standard InChI is InChI=1S/C20H19FN6O2S/c21-13-3-5-14(6-4-13)26-18(28)12-16(20(26)29)25-9-7-15(8-10-25)27-23-19(22-24-27)17-2-1-11-30-17/h1-6,11,15-16H,7-10,12H2. The molecule has 1 aromatic carbocycles. The van der Waals surface area contributed by atoms with Crippen LogP contribution in [0, 0.1) is 5.82 Å². The average molecular weight is 426 g/mol. The highest BCUT2D eigenvalue weighted by atomic mass is 32.1. The zero-order chi connectivity index (χ0) is 20.7. The van der Waals surface area contributed by atoms with Gasteiger partial charge in [-0.3, -0.25) is 14.5 Å². The lowest BCUT2D eigenvalue weighted by Crippen LogP contribution is -2.46. The number of anilines is 1. The minimum atomic E-state index is -0.478. The number of likely N-dealkylation sites (tertiary alicyclic amines) is 1. The fourth-order valence-corrected chi connectivity index (χ4v) is 4.72. The van der Waals surface area contributed by atoms with E-state index in [2.05, 4.69) is 20.3 Å². The number of imide groups is 1. The van der Waals surface area contributed by atoms with Crippen LogP contribution in [0.5, 0.6) is 0 Å². The maximum absolute atomic E-state index is 13.2. The summed E-state index contributed by atoms with van der Waals surface area (Å²) in [5.74, 6) is -0.277. The van der Waals surface area contributed by atoms with Crippen LogP contribution in [-0.4, -0.2) is 56.1 Å². The Bertz CT molecular complexity index is 1060.